The Labute approximate surface area is 89.4 Å². The maximum atomic E-state index is 11.9. The fourth-order valence-electron chi connectivity index (χ4n) is 1.33. The van der Waals surface area contributed by atoms with Gasteiger partial charge >= 0.3 is 0 Å². The first kappa shape index (κ1) is 11.7. The molecule has 1 heterocycles. The van der Waals surface area contributed by atoms with Gasteiger partial charge in [-0.15, -0.1) is 0 Å². The molecule has 15 heavy (non-hydrogen) atoms. The predicted octanol–water partition coefficient (Wildman–Crippen LogP) is 0.787. The van der Waals surface area contributed by atoms with Crippen molar-refractivity contribution in [3.8, 4) is 0 Å². The van der Waals surface area contributed by atoms with Gasteiger partial charge in [0.15, 0.2) is 0 Å². The molecule has 0 aliphatic heterocycles. The van der Waals surface area contributed by atoms with Crippen LogP contribution in [0.25, 0.3) is 0 Å². The van der Waals surface area contributed by atoms with Gasteiger partial charge in [0.2, 0.25) is 0 Å². The van der Waals surface area contributed by atoms with Crippen LogP contribution in [0, 0.1) is 12.8 Å². The van der Waals surface area contributed by atoms with Crippen LogP contribution in [-0.4, -0.2) is 21.7 Å². The van der Waals surface area contributed by atoms with Gasteiger partial charge in [-0.3, -0.25) is 4.79 Å². The average Bonchev–Trinajstić information content (AvgIpc) is 2.54. The molecular weight excluding hydrogens is 192 g/mol. The van der Waals surface area contributed by atoms with E-state index in [2.05, 4.69) is 5.10 Å². The molecule has 1 rings (SSSR count). The van der Waals surface area contributed by atoms with Gasteiger partial charge in [0, 0.05) is 6.07 Å². The molecule has 0 aromatic carbocycles. The van der Waals surface area contributed by atoms with Gasteiger partial charge in [0.1, 0.15) is 5.82 Å². The summed E-state index contributed by atoms with van der Waals surface area (Å²) in [7, 11) is 0. The molecule has 0 amide bonds. The van der Waals surface area contributed by atoms with Crippen molar-refractivity contribution in [3.05, 3.63) is 11.8 Å². The molecular formula is C10H18N4O. The van der Waals surface area contributed by atoms with E-state index >= 15 is 0 Å². The lowest BCUT2D eigenvalue weighted by Crippen LogP contribution is -2.40. The van der Waals surface area contributed by atoms with Gasteiger partial charge in [-0.05, 0) is 12.8 Å². The summed E-state index contributed by atoms with van der Waals surface area (Å²) in [5.74, 6) is 0.229. The average molecular weight is 210 g/mol. The maximum Gasteiger partial charge on any atom is 0.265 e. The summed E-state index contributed by atoms with van der Waals surface area (Å²) in [6.45, 7) is 5.72. The molecule has 1 aromatic heterocycles. The van der Waals surface area contributed by atoms with Crippen LogP contribution in [-0.2, 0) is 0 Å². The van der Waals surface area contributed by atoms with E-state index in [0.717, 1.165) is 12.1 Å². The topological polar surface area (TPSA) is 86.9 Å². The quantitative estimate of drug-likeness (QED) is 0.772. The van der Waals surface area contributed by atoms with E-state index in [1.165, 1.54) is 4.68 Å². The van der Waals surface area contributed by atoms with Crippen LogP contribution < -0.4 is 11.5 Å². The van der Waals surface area contributed by atoms with Crippen LogP contribution in [0.5, 0.6) is 0 Å². The molecule has 84 valence electrons. The van der Waals surface area contributed by atoms with E-state index in [1.54, 1.807) is 13.0 Å². The minimum Gasteiger partial charge on any atom is -0.383 e. The third-order valence-corrected chi connectivity index (χ3v) is 2.61. The van der Waals surface area contributed by atoms with Crippen LogP contribution in [0.4, 0.5) is 5.82 Å². The maximum absolute atomic E-state index is 11.9. The second kappa shape index (κ2) is 4.44. The van der Waals surface area contributed by atoms with Gasteiger partial charge in [0.05, 0.1) is 11.7 Å². The van der Waals surface area contributed by atoms with E-state index in [0.29, 0.717) is 5.82 Å². The second-order valence-corrected chi connectivity index (χ2v) is 3.87. The number of hydrogen-bond acceptors (Lipinski definition) is 4. The van der Waals surface area contributed by atoms with Gasteiger partial charge in [-0.1, -0.05) is 20.3 Å². The number of hydrogen-bond donors (Lipinski definition) is 2. The minimum absolute atomic E-state index is 0.126. The molecule has 0 radical (unpaired) electrons. The Morgan fingerprint density at radius 3 is 2.67 bits per heavy atom. The Morgan fingerprint density at radius 2 is 2.27 bits per heavy atom. The van der Waals surface area contributed by atoms with E-state index in [-0.39, 0.29) is 11.8 Å². The molecule has 5 nitrogen and oxygen atoms in total. The highest BCUT2D eigenvalue weighted by molar-refractivity contribution is 5.86. The molecule has 0 aliphatic carbocycles. The molecule has 0 aliphatic rings. The standard InChI is InChI=1S/C10H18N4O/c1-4-6(2)9(12)10(15)14-8(11)5-7(3)13-14/h5-6,9H,4,11-12H2,1-3H3/t6-,9-/m0/s1. The molecule has 1 aromatic rings. The number of aromatic nitrogens is 2. The fraction of sp³-hybridized carbons (Fsp3) is 0.600. The largest absolute Gasteiger partial charge is 0.383 e. The van der Waals surface area contributed by atoms with Gasteiger partial charge in [-0.2, -0.15) is 9.78 Å². The number of aryl methyl sites for hydroxylation is 1. The molecule has 0 unspecified atom stereocenters. The zero-order valence-corrected chi connectivity index (χ0v) is 9.40. The summed E-state index contributed by atoms with van der Waals surface area (Å²) in [6, 6.07) is 1.11. The second-order valence-electron chi connectivity index (χ2n) is 3.87. The molecule has 5 heteroatoms. The van der Waals surface area contributed by atoms with Crippen LogP contribution in [0.15, 0.2) is 6.07 Å². The first-order valence-corrected chi connectivity index (χ1v) is 5.09. The van der Waals surface area contributed by atoms with Crippen molar-refractivity contribution in [1.29, 1.82) is 0 Å². The van der Waals surface area contributed by atoms with Crippen LogP contribution in [0.2, 0.25) is 0 Å². The zero-order chi connectivity index (χ0) is 11.6. The van der Waals surface area contributed by atoms with Gasteiger partial charge in [-0.25, -0.2) is 0 Å². The first-order valence-electron chi connectivity index (χ1n) is 5.09. The SMILES string of the molecule is CC[C@H](C)[C@H](N)C(=O)n1nc(C)cc1N. The summed E-state index contributed by atoms with van der Waals surface area (Å²) in [6.07, 6.45) is 0.854. The fourth-order valence-corrected chi connectivity index (χ4v) is 1.33. The Kier molecular flexibility index (Phi) is 3.47. The van der Waals surface area contributed by atoms with Crippen molar-refractivity contribution >= 4 is 11.7 Å². The van der Waals surface area contributed by atoms with Crippen molar-refractivity contribution in [2.75, 3.05) is 5.73 Å². The Morgan fingerprint density at radius 1 is 1.67 bits per heavy atom. The van der Waals surface area contributed by atoms with E-state index in [1.807, 2.05) is 13.8 Å². The van der Waals surface area contributed by atoms with Crippen LogP contribution in [0.1, 0.15) is 30.8 Å². The summed E-state index contributed by atoms with van der Waals surface area (Å²) in [4.78, 5) is 11.9. The normalized spacial score (nSPS) is 14.9. The van der Waals surface area contributed by atoms with Gasteiger partial charge < -0.3 is 11.5 Å². The zero-order valence-electron chi connectivity index (χ0n) is 9.40. The van der Waals surface area contributed by atoms with E-state index in [4.69, 9.17) is 11.5 Å². The van der Waals surface area contributed by atoms with E-state index < -0.39 is 6.04 Å². The summed E-state index contributed by atoms with van der Waals surface area (Å²) in [5, 5.41) is 4.01. The summed E-state index contributed by atoms with van der Waals surface area (Å²) in [5.41, 5.74) is 12.2. The number of anilines is 1. The van der Waals surface area contributed by atoms with Crippen molar-refractivity contribution in [2.24, 2.45) is 11.7 Å². The highest BCUT2D eigenvalue weighted by Crippen LogP contribution is 2.11. The molecule has 0 saturated heterocycles. The Hall–Kier alpha value is -1.36. The predicted molar refractivity (Wildman–Crippen MR) is 59.4 cm³/mol. The Bertz CT molecular complexity index is 358. The minimum atomic E-state index is -0.545. The van der Waals surface area contributed by atoms with E-state index in [9.17, 15) is 4.79 Å². The summed E-state index contributed by atoms with van der Waals surface area (Å²) < 4.78 is 1.19. The van der Waals surface area contributed by atoms with Crippen molar-refractivity contribution < 1.29 is 4.79 Å². The monoisotopic (exact) mass is 210 g/mol. The highest BCUT2D eigenvalue weighted by atomic mass is 16.2. The van der Waals surface area contributed by atoms with Crippen LogP contribution in [0.3, 0.4) is 0 Å². The smallest absolute Gasteiger partial charge is 0.265 e. The first-order chi connectivity index (χ1) is 6.97. The molecule has 4 N–H and O–H groups in total. The number of nitrogen functional groups attached to an aromatic ring is 1. The lowest BCUT2D eigenvalue weighted by atomic mass is 10.00. The lowest BCUT2D eigenvalue weighted by Gasteiger charge is -2.16. The number of rotatable bonds is 3. The third-order valence-electron chi connectivity index (χ3n) is 2.61. The van der Waals surface area contributed by atoms with Gasteiger partial charge in [0.25, 0.3) is 5.91 Å². The molecule has 0 bridgehead atoms. The van der Waals surface area contributed by atoms with Crippen molar-refractivity contribution in [1.82, 2.24) is 9.78 Å². The third kappa shape index (κ3) is 2.36. The Balaban J connectivity index is 2.89. The molecule has 0 saturated carbocycles. The number of carbonyl (C=O) groups excluding carboxylic acids is 1. The summed E-state index contributed by atoms with van der Waals surface area (Å²) >= 11 is 0. The lowest BCUT2D eigenvalue weighted by molar-refractivity contribution is 0.0837. The number of nitrogens with zero attached hydrogens (tertiary/aromatic N) is 2. The van der Waals surface area contributed by atoms with Crippen molar-refractivity contribution in [2.45, 2.75) is 33.2 Å². The van der Waals surface area contributed by atoms with Crippen molar-refractivity contribution in [3.63, 3.8) is 0 Å². The highest BCUT2D eigenvalue weighted by Gasteiger charge is 2.23. The molecule has 0 fully saturated rings. The van der Waals surface area contributed by atoms with Crippen LogP contribution >= 0.6 is 0 Å². The number of nitrogens with two attached hydrogens (primary N) is 2. The number of carbonyl (C=O) groups is 1. The molecule has 0 spiro atoms. The molecule has 2 atom stereocenters.